The van der Waals surface area contributed by atoms with Crippen molar-refractivity contribution in [1.82, 2.24) is 24.1 Å². The monoisotopic (exact) mass is 879 g/mol. The van der Waals surface area contributed by atoms with Crippen LogP contribution in [0.4, 0.5) is 0 Å². The van der Waals surface area contributed by atoms with Gasteiger partial charge in [-0.2, -0.15) is 0 Å². The topological polar surface area (TPSA) is 61.7 Å². The minimum absolute atomic E-state index is 0.561. The summed E-state index contributed by atoms with van der Waals surface area (Å²) in [5.74, 6) is 1.74. The Hall–Kier alpha value is -9.39. The van der Waals surface area contributed by atoms with Gasteiger partial charge in [-0.1, -0.05) is 164 Å². The lowest BCUT2D eigenvalue weighted by molar-refractivity contribution is 0.672. The van der Waals surface area contributed by atoms with E-state index in [4.69, 9.17) is 19.4 Å². The molecule has 0 unspecified atom stereocenters. The first-order chi connectivity index (χ1) is 34.2. The van der Waals surface area contributed by atoms with Gasteiger partial charge in [0.2, 0.25) is 0 Å². The molecule has 4 aromatic heterocycles. The summed E-state index contributed by atoms with van der Waals surface area (Å²) in [5.41, 5.74) is 10.7. The van der Waals surface area contributed by atoms with Crippen molar-refractivity contribution < 1.29 is 4.42 Å². The van der Waals surface area contributed by atoms with Gasteiger partial charge in [0.1, 0.15) is 11.2 Å². The summed E-state index contributed by atoms with van der Waals surface area (Å²) < 4.78 is 11.8. The number of rotatable bonds is 5. The normalized spacial score (nSPS) is 12.1. The number of aromatic nitrogens is 5. The number of nitrogens with zero attached hydrogens (tertiary/aromatic N) is 5. The van der Waals surface area contributed by atoms with Crippen molar-refractivity contribution in [3.05, 3.63) is 224 Å². The molecule has 4 heterocycles. The molecule has 0 aliphatic heterocycles. The average molecular weight is 880 g/mol. The summed E-state index contributed by atoms with van der Waals surface area (Å²) in [7, 11) is 0. The SMILES string of the molecule is c1ccc(-c2nc(-c3ccc4oc5c6ccccc6ccc5c4c3-n3c4cc5ccccc5cc4c4c5ccccc5ccc43)nc(-c3cccc4c3c3ccccc3n4-c3ccccc3)n2)cc1. The molecule has 0 spiro atoms. The lowest BCUT2D eigenvalue weighted by Gasteiger charge is -2.16. The van der Waals surface area contributed by atoms with Crippen molar-refractivity contribution >= 4 is 97.9 Å². The fourth-order valence-corrected chi connectivity index (χ4v) is 11.1. The molecule has 15 rings (SSSR count). The number of hydrogen-bond acceptors (Lipinski definition) is 4. The molecule has 320 valence electrons. The molecule has 0 saturated carbocycles. The Morgan fingerprint density at radius 1 is 0.319 bits per heavy atom. The van der Waals surface area contributed by atoms with Gasteiger partial charge in [0.15, 0.2) is 17.5 Å². The van der Waals surface area contributed by atoms with Gasteiger partial charge in [-0.3, -0.25) is 0 Å². The molecule has 11 aromatic carbocycles. The highest BCUT2D eigenvalue weighted by Gasteiger charge is 2.27. The van der Waals surface area contributed by atoms with Crippen LogP contribution in [-0.2, 0) is 0 Å². The number of fused-ring (bicyclic) bond motifs is 14. The Labute approximate surface area is 394 Å². The van der Waals surface area contributed by atoms with Gasteiger partial charge in [0.05, 0.1) is 33.1 Å². The van der Waals surface area contributed by atoms with Gasteiger partial charge in [0.25, 0.3) is 0 Å². The molecule has 0 bridgehead atoms. The van der Waals surface area contributed by atoms with Crippen molar-refractivity contribution in [2.75, 3.05) is 0 Å². The lowest BCUT2D eigenvalue weighted by Crippen LogP contribution is -2.04. The molecule has 0 fully saturated rings. The van der Waals surface area contributed by atoms with E-state index in [0.29, 0.717) is 17.5 Å². The second-order valence-electron chi connectivity index (χ2n) is 17.9. The van der Waals surface area contributed by atoms with Gasteiger partial charge in [-0.25, -0.2) is 15.0 Å². The first-order valence-electron chi connectivity index (χ1n) is 23.4. The van der Waals surface area contributed by atoms with Crippen LogP contribution in [-0.4, -0.2) is 24.1 Å². The molecule has 0 radical (unpaired) electrons. The molecule has 0 amide bonds. The van der Waals surface area contributed by atoms with E-state index in [2.05, 4.69) is 215 Å². The van der Waals surface area contributed by atoms with Gasteiger partial charge < -0.3 is 13.6 Å². The molecular formula is C63H37N5O. The molecule has 0 aliphatic rings. The first kappa shape index (κ1) is 37.8. The first-order valence-corrected chi connectivity index (χ1v) is 23.4. The Bertz CT molecular complexity index is 4600. The molecule has 0 saturated heterocycles. The van der Waals surface area contributed by atoms with Crippen molar-refractivity contribution in [3.63, 3.8) is 0 Å². The molecule has 6 nitrogen and oxygen atoms in total. The van der Waals surface area contributed by atoms with Crippen LogP contribution in [0.1, 0.15) is 0 Å². The molecule has 0 N–H and O–H groups in total. The van der Waals surface area contributed by atoms with Crippen LogP contribution in [0.5, 0.6) is 0 Å². The number of para-hydroxylation sites is 2. The zero-order chi connectivity index (χ0) is 45.2. The van der Waals surface area contributed by atoms with E-state index in [1.807, 2.05) is 18.2 Å². The predicted octanol–water partition coefficient (Wildman–Crippen LogP) is 16.4. The highest BCUT2D eigenvalue weighted by molar-refractivity contribution is 6.26. The third-order valence-electron chi connectivity index (χ3n) is 14.1. The molecule has 69 heavy (non-hydrogen) atoms. The Balaban J connectivity index is 1.10. The van der Waals surface area contributed by atoms with Gasteiger partial charge in [-0.15, -0.1) is 0 Å². The maximum atomic E-state index is 7.01. The number of hydrogen-bond donors (Lipinski definition) is 0. The fourth-order valence-electron chi connectivity index (χ4n) is 11.1. The summed E-state index contributed by atoms with van der Waals surface area (Å²) in [4.78, 5) is 16.5. The average Bonchev–Trinajstić information content (AvgIpc) is 4.08. The van der Waals surface area contributed by atoms with Crippen molar-refractivity contribution in [2.45, 2.75) is 0 Å². The van der Waals surface area contributed by atoms with Crippen LogP contribution in [0, 0.1) is 0 Å². The van der Waals surface area contributed by atoms with E-state index in [1.54, 1.807) is 0 Å². The molecule has 0 aliphatic carbocycles. The Morgan fingerprint density at radius 3 is 1.74 bits per heavy atom. The quantitative estimate of drug-likeness (QED) is 0.173. The summed E-state index contributed by atoms with van der Waals surface area (Å²) in [6.07, 6.45) is 0. The van der Waals surface area contributed by atoms with E-state index in [-0.39, 0.29) is 0 Å². The minimum atomic E-state index is 0.561. The molecular weight excluding hydrogens is 843 g/mol. The summed E-state index contributed by atoms with van der Waals surface area (Å²) in [5, 5.41) is 13.5. The standard InChI is InChI=1S/C63H37N5O/c1-3-18-40(19-4-1)61-64-62(48-27-15-29-52-57(48)46-26-13-14-28-51(46)67(52)43-22-5-2-6-23-43)66-63(65-61)49-33-35-55-58(47-32-30-39-17-10-12-25-45(39)60(47)69-55)59(49)68-53-34-31-38-16-9-11-24-44(38)56(53)50-36-41-20-7-8-21-42(41)37-54(50)68/h1-37H. The number of furan rings is 1. The maximum absolute atomic E-state index is 7.01. The summed E-state index contributed by atoms with van der Waals surface area (Å²) in [6, 6.07) is 79.6. The van der Waals surface area contributed by atoms with E-state index in [1.165, 1.54) is 26.9 Å². The van der Waals surface area contributed by atoms with Crippen LogP contribution >= 0.6 is 0 Å². The second-order valence-corrected chi connectivity index (χ2v) is 17.9. The van der Waals surface area contributed by atoms with E-state index >= 15 is 0 Å². The van der Waals surface area contributed by atoms with Gasteiger partial charge in [0, 0.05) is 54.7 Å². The van der Waals surface area contributed by atoms with Gasteiger partial charge >= 0.3 is 0 Å². The lowest BCUT2D eigenvalue weighted by atomic mass is 10.0. The summed E-state index contributed by atoms with van der Waals surface area (Å²) >= 11 is 0. The third-order valence-corrected chi connectivity index (χ3v) is 14.1. The Kier molecular flexibility index (Phi) is 7.97. The van der Waals surface area contributed by atoms with Gasteiger partial charge in [-0.05, 0) is 87.6 Å². The Morgan fingerprint density at radius 2 is 0.928 bits per heavy atom. The molecule has 6 heteroatoms. The van der Waals surface area contributed by atoms with E-state index < -0.39 is 0 Å². The van der Waals surface area contributed by atoms with Crippen LogP contribution in [0.2, 0.25) is 0 Å². The van der Waals surface area contributed by atoms with Crippen molar-refractivity contribution in [2.24, 2.45) is 0 Å². The third kappa shape index (κ3) is 5.57. The van der Waals surface area contributed by atoms with Crippen LogP contribution in [0.25, 0.3) is 143 Å². The summed E-state index contributed by atoms with van der Waals surface area (Å²) in [6.45, 7) is 0. The van der Waals surface area contributed by atoms with Crippen LogP contribution in [0.3, 0.4) is 0 Å². The van der Waals surface area contributed by atoms with Crippen LogP contribution < -0.4 is 0 Å². The largest absolute Gasteiger partial charge is 0.455 e. The molecule has 15 aromatic rings. The van der Waals surface area contributed by atoms with Crippen molar-refractivity contribution in [1.29, 1.82) is 0 Å². The van der Waals surface area contributed by atoms with Crippen molar-refractivity contribution in [3.8, 4) is 45.5 Å². The minimum Gasteiger partial charge on any atom is -0.455 e. The van der Waals surface area contributed by atoms with Crippen LogP contribution in [0.15, 0.2) is 229 Å². The molecule has 0 atom stereocenters. The zero-order valence-corrected chi connectivity index (χ0v) is 37.0. The van der Waals surface area contributed by atoms with E-state index in [0.717, 1.165) is 99.0 Å². The second kappa shape index (κ2) is 14.6. The highest BCUT2D eigenvalue weighted by Crippen LogP contribution is 2.47. The zero-order valence-electron chi connectivity index (χ0n) is 37.0. The fraction of sp³-hybridized carbons (Fsp3) is 0. The predicted molar refractivity (Wildman–Crippen MR) is 285 cm³/mol. The van der Waals surface area contributed by atoms with E-state index in [9.17, 15) is 0 Å². The number of benzene rings is 11. The highest BCUT2D eigenvalue weighted by atomic mass is 16.3. The maximum Gasteiger partial charge on any atom is 0.166 e. The smallest absolute Gasteiger partial charge is 0.166 e.